The number of nitrogens with one attached hydrogen (secondary N) is 2. The minimum Gasteiger partial charge on any atom is -0.328 e. The molecule has 2 aliphatic rings. The van der Waals surface area contributed by atoms with E-state index in [1.54, 1.807) is 0 Å². The van der Waals surface area contributed by atoms with Gasteiger partial charge in [0.05, 0.1) is 6.04 Å². The van der Waals surface area contributed by atoms with E-state index in [0.717, 1.165) is 19.3 Å². The highest BCUT2D eigenvalue weighted by molar-refractivity contribution is 6.00. The lowest BCUT2D eigenvalue weighted by Crippen LogP contribution is -2.53. The van der Waals surface area contributed by atoms with Gasteiger partial charge in [0.25, 0.3) is 0 Å². The maximum Gasteiger partial charge on any atom is 0.243 e. The van der Waals surface area contributed by atoms with Crippen molar-refractivity contribution in [2.45, 2.75) is 50.2 Å². The molecule has 0 spiro atoms. The number of carbonyl (C=O) groups excluding carboxylic acids is 2. The van der Waals surface area contributed by atoms with Gasteiger partial charge in [0.2, 0.25) is 11.8 Å². The number of imide groups is 1. The molecule has 1 aliphatic carbocycles. The van der Waals surface area contributed by atoms with E-state index < -0.39 is 0 Å². The second-order valence-corrected chi connectivity index (χ2v) is 4.44. The van der Waals surface area contributed by atoms with Crippen LogP contribution in [0.25, 0.3) is 0 Å². The van der Waals surface area contributed by atoms with Crippen molar-refractivity contribution < 1.29 is 9.59 Å². The summed E-state index contributed by atoms with van der Waals surface area (Å²) < 4.78 is 0. The van der Waals surface area contributed by atoms with E-state index in [4.69, 9.17) is 5.73 Å². The van der Waals surface area contributed by atoms with Crippen LogP contribution in [0.2, 0.25) is 0 Å². The molecule has 1 heterocycles. The topological polar surface area (TPSA) is 84.2 Å². The predicted octanol–water partition coefficient (Wildman–Crippen LogP) is -0.739. The van der Waals surface area contributed by atoms with Crippen LogP contribution in [-0.2, 0) is 9.59 Å². The maximum atomic E-state index is 11.4. The molecule has 2 amide bonds. The molecule has 5 heteroatoms. The molecule has 0 aromatic heterocycles. The summed E-state index contributed by atoms with van der Waals surface area (Å²) >= 11 is 0. The van der Waals surface area contributed by atoms with Crippen molar-refractivity contribution in [3.8, 4) is 0 Å². The third-order valence-electron chi connectivity index (χ3n) is 3.15. The first-order valence-corrected chi connectivity index (χ1v) is 5.50. The standard InChI is InChI=1S/C10H17N3O2/c11-6-1-2-7(5-6)12-8-3-4-9(14)13-10(8)15/h6-8,12H,1-5,11H2,(H,13,14,15). The van der Waals surface area contributed by atoms with Crippen molar-refractivity contribution in [3.63, 3.8) is 0 Å². The zero-order chi connectivity index (χ0) is 10.8. The van der Waals surface area contributed by atoms with E-state index in [-0.39, 0.29) is 23.9 Å². The summed E-state index contributed by atoms with van der Waals surface area (Å²) in [5, 5.41) is 5.62. The van der Waals surface area contributed by atoms with Gasteiger partial charge in [-0.25, -0.2) is 0 Å². The van der Waals surface area contributed by atoms with Gasteiger partial charge in [0.15, 0.2) is 0 Å². The lowest BCUT2D eigenvalue weighted by Gasteiger charge is -2.25. The van der Waals surface area contributed by atoms with Crippen LogP contribution in [0.4, 0.5) is 0 Å². The van der Waals surface area contributed by atoms with Gasteiger partial charge >= 0.3 is 0 Å². The largest absolute Gasteiger partial charge is 0.328 e. The molecule has 3 atom stereocenters. The Morgan fingerprint density at radius 3 is 2.67 bits per heavy atom. The van der Waals surface area contributed by atoms with Crippen LogP contribution in [0.15, 0.2) is 0 Å². The first-order chi connectivity index (χ1) is 7.15. The molecule has 1 saturated heterocycles. The number of hydrogen-bond acceptors (Lipinski definition) is 4. The normalized spacial score (nSPS) is 36.7. The SMILES string of the molecule is NC1CCC(NC2CCC(=O)NC2=O)C1. The smallest absolute Gasteiger partial charge is 0.243 e. The summed E-state index contributed by atoms with van der Waals surface area (Å²) in [6.07, 6.45) is 4.01. The lowest BCUT2D eigenvalue weighted by molar-refractivity contribution is -0.134. The molecule has 3 unspecified atom stereocenters. The fourth-order valence-corrected chi connectivity index (χ4v) is 2.30. The van der Waals surface area contributed by atoms with Gasteiger partial charge in [-0.2, -0.15) is 0 Å². The molecule has 84 valence electrons. The monoisotopic (exact) mass is 211 g/mol. The minimum atomic E-state index is -0.210. The molecule has 4 N–H and O–H groups in total. The Balaban J connectivity index is 1.84. The molecule has 5 nitrogen and oxygen atoms in total. The van der Waals surface area contributed by atoms with Crippen LogP contribution < -0.4 is 16.4 Å². The van der Waals surface area contributed by atoms with Crippen LogP contribution in [0.5, 0.6) is 0 Å². The Bertz CT molecular complexity index is 280. The third kappa shape index (κ3) is 2.54. The average Bonchev–Trinajstić information content (AvgIpc) is 2.56. The summed E-state index contributed by atoms with van der Waals surface area (Å²) in [6, 6.07) is 0.387. The molecule has 0 bridgehead atoms. The average molecular weight is 211 g/mol. The molecule has 0 radical (unpaired) electrons. The molecule has 2 fully saturated rings. The van der Waals surface area contributed by atoms with E-state index in [1.165, 1.54) is 0 Å². The number of piperidine rings is 1. The van der Waals surface area contributed by atoms with Gasteiger partial charge in [-0.05, 0) is 25.7 Å². The summed E-state index contributed by atoms with van der Waals surface area (Å²) in [4.78, 5) is 22.4. The number of nitrogens with two attached hydrogens (primary N) is 1. The van der Waals surface area contributed by atoms with Crippen molar-refractivity contribution >= 4 is 11.8 Å². The summed E-state index contributed by atoms with van der Waals surface area (Å²) in [5.74, 6) is -0.354. The number of hydrogen-bond donors (Lipinski definition) is 3. The van der Waals surface area contributed by atoms with Crippen molar-refractivity contribution in [2.75, 3.05) is 0 Å². The van der Waals surface area contributed by atoms with Gasteiger partial charge in [-0.3, -0.25) is 14.9 Å². The summed E-state index contributed by atoms with van der Waals surface area (Å²) in [5.41, 5.74) is 5.79. The second-order valence-electron chi connectivity index (χ2n) is 4.44. The molecule has 1 aliphatic heterocycles. The summed E-state index contributed by atoms with van der Waals surface area (Å²) in [6.45, 7) is 0. The number of rotatable bonds is 2. The highest BCUT2D eigenvalue weighted by atomic mass is 16.2. The minimum absolute atomic E-state index is 0.166. The van der Waals surface area contributed by atoms with Crippen molar-refractivity contribution in [1.82, 2.24) is 10.6 Å². The zero-order valence-corrected chi connectivity index (χ0v) is 8.66. The van der Waals surface area contributed by atoms with Crippen molar-refractivity contribution in [1.29, 1.82) is 0 Å². The Hall–Kier alpha value is -0.940. The Morgan fingerprint density at radius 2 is 2.07 bits per heavy atom. The third-order valence-corrected chi connectivity index (χ3v) is 3.15. The fraction of sp³-hybridized carbons (Fsp3) is 0.800. The van der Waals surface area contributed by atoms with E-state index >= 15 is 0 Å². The summed E-state index contributed by atoms with van der Waals surface area (Å²) in [7, 11) is 0. The van der Waals surface area contributed by atoms with E-state index in [0.29, 0.717) is 18.9 Å². The van der Waals surface area contributed by atoms with Crippen LogP contribution >= 0.6 is 0 Å². The first-order valence-electron chi connectivity index (χ1n) is 5.50. The second kappa shape index (κ2) is 4.28. The van der Waals surface area contributed by atoms with Crippen molar-refractivity contribution in [3.05, 3.63) is 0 Å². The molecule has 15 heavy (non-hydrogen) atoms. The predicted molar refractivity (Wildman–Crippen MR) is 54.9 cm³/mol. The molecular weight excluding hydrogens is 194 g/mol. The number of amides is 2. The first kappa shape index (κ1) is 10.6. The Morgan fingerprint density at radius 1 is 1.27 bits per heavy atom. The lowest BCUT2D eigenvalue weighted by atomic mass is 10.0. The van der Waals surface area contributed by atoms with Crippen LogP contribution in [0.3, 0.4) is 0 Å². The van der Waals surface area contributed by atoms with Gasteiger partial charge in [-0.1, -0.05) is 0 Å². The van der Waals surface area contributed by atoms with Gasteiger partial charge in [0.1, 0.15) is 0 Å². The van der Waals surface area contributed by atoms with Gasteiger partial charge in [-0.15, -0.1) is 0 Å². The quantitative estimate of drug-likeness (QED) is 0.525. The van der Waals surface area contributed by atoms with Gasteiger partial charge < -0.3 is 11.1 Å². The maximum absolute atomic E-state index is 11.4. The highest BCUT2D eigenvalue weighted by Crippen LogP contribution is 2.18. The van der Waals surface area contributed by atoms with E-state index in [2.05, 4.69) is 10.6 Å². The number of carbonyl (C=O) groups is 2. The van der Waals surface area contributed by atoms with Gasteiger partial charge in [0, 0.05) is 18.5 Å². The van der Waals surface area contributed by atoms with Crippen LogP contribution in [0.1, 0.15) is 32.1 Å². The Kier molecular flexibility index (Phi) is 3.02. The molecule has 2 rings (SSSR count). The molecular formula is C10H17N3O2. The fourth-order valence-electron chi connectivity index (χ4n) is 2.30. The van der Waals surface area contributed by atoms with Crippen LogP contribution in [-0.4, -0.2) is 29.9 Å². The highest BCUT2D eigenvalue weighted by Gasteiger charge is 2.30. The van der Waals surface area contributed by atoms with E-state index in [9.17, 15) is 9.59 Å². The van der Waals surface area contributed by atoms with E-state index in [1.807, 2.05) is 0 Å². The zero-order valence-electron chi connectivity index (χ0n) is 8.66. The molecule has 1 saturated carbocycles. The van der Waals surface area contributed by atoms with Crippen LogP contribution in [0, 0.1) is 0 Å². The molecule has 0 aromatic carbocycles. The van der Waals surface area contributed by atoms with Crippen molar-refractivity contribution in [2.24, 2.45) is 5.73 Å². The molecule has 0 aromatic rings. The Labute approximate surface area is 88.8 Å².